The van der Waals surface area contributed by atoms with Crippen LogP contribution in [0, 0.1) is 0 Å². The number of carbonyl (C=O) groups excluding carboxylic acids is 1. The highest BCUT2D eigenvalue weighted by molar-refractivity contribution is 7.80. The van der Waals surface area contributed by atoms with Crippen molar-refractivity contribution in [3.8, 4) is 5.75 Å². The fourth-order valence-corrected chi connectivity index (χ4v) is 1.29. The lowest BCUT2D eigenvalue weighted by Gasteiger charge is -2.16. The summed E-state index contributed by atoms with van der Waals surface area (Å²) >= 11 is 4.71. The number of hydrogen-bond acceptors (Lipinski definition) is 3. The van der Waals surface area contributed by atoms with Gasteiger partial charge < -0.3 is 15.4 Å². The second-order valence-corrected chi connectivity index (χ2v) is 3.84. The zero-order valence-electron chi connectivity index (χ0n) is 9.05. The van der Waals surface area contributed by atoms with Gasteiger partial charge in [0.15, 0.2) is 6.61 Å². The van der Waals surface area contributed by atoms with Gasteiger partial charge >= 0.3 is 0 Å². The highest BCUT2D eigenvalue weighted by atomic mass is 32.1. The van der Waals surface area contributed by atoms with Crippen molar-refractivity contribution in [2.24, 2.45) is 5.73 Å². The number of nitrogens with zero attached hydrogens (tertiary/aromatic N) is 1. The third-order valence-corrected chi connectivity index (χ3v) is 2.05. The van der Waals surface area contributed by atoms with Gasteiger partial charge in [0.2, 0.25) is 0 Å². The van der Waals surface area contributed by atoms with Gasteiger partial charge in [0.05, 0.1) is 11.5 Å². The normalized spacial score (nSPS) is 9.56. The van der Waals surface area contributed by atoms with Crippen molar-refractivity contribution in [3.63, 3.8) is 0 Å². The summed E-state index contributed by atoms with van der Waals surface area (Å²) in [6, 6.07) is 9.16. The molecule has 0 aromatic heterocycles. The fourth-order valence-electron chi connectivity index (χ4n) is 1.09. The molecule has 0 spiro atoms. The topological polar surface area (TPSA) is 55.6 Å². The summed E-state index contributed by atoms with van der Waals surface area (Å²) in [5.41, 5.74) is 5.34. The minimum atomic E-state index is -0.156. The van der Waals surface area contributed by atoms with E-state index in [2.05, 4.69) is 0 Å². The number of thiocarbonyl (C=S) groups is 1. The Hall–Kier alpha value is -1.62. The summed E-state index contributed by atoms with van der Waals surface area (Å²) in [6.45, 7) is 0.259. The Balaban J connectivity index is 2.38. The van der Waals surface area contributed by atoms with E-state index >= 15 is 0 Å². The Morgan fingerprint density at radius 2 is 2.06 bits per heavy atom. The highest BCUT2D eigenvalue weighted by Crippen LogP contribution is 2.07. The summed E-state index contributed by atoms with van der Waals surface area (Å²) in [7, 11) is 1.63. The Kier molecular flexibility index (Phi) is 4.72. The molecule has 2 N–H and O–H groups in total. The predicted octanol–water partition coefficient (Wildman–Crippen LogP) is 0.810. The molecule has 86 valence electrons. The molecule has 0 radical (unpaired) electrons. The van der Waals surface area contributed by atoms with Gasteiger partial charge in [-0.25, -0.2) is 0 Å². The van der Waals surface area contributed by atoms with Crippen LogP contribution in [0.3, 0.4) is 0 Å². The van der Waals surface area contributed by atoms with Gasteiger partial charge in [-0.15, -0.1) is 0 Å². The smallest absolute Gasteiger partial charge is 0.260 e. The average Bonchev–Trinajstić information content (AvgIpc) is 2.26. The van der Waals surface area contributed by atoms with Crippen molar-refractivity contribution in [3.05, 3.63) is 30.3 Å². The molecule has 1 rings (SSSR count). The maximum Gasteiger partial charge on any atom is 0.260 e. The molecule has 4 nitrogen and oxygen atoms in total. The summed E-state index contributed by atoms with van der Waals surface area (Å²) in [5.74, 6) is 0.510. The number of likely N-dealkylation sites (N-methyl/N-ethyl adjacent to an activating group) is 1. The van der Waals surface area contributed by atoms with Crippen molar-refractivity contribution in [1.82, 2.24) is 4.90 Å². The van der Waals surface area contributed by atoms with Crippen molar-refractivity contribution < 1.29 is 9.53 Å². The van der Waals surface area contributed by atoms with E-state index in [0.29, 0.717) is 5.75 Å². The number of rotatable bonds is 5. The largest absolute Gasteiger partial charge is 0.484 e. The van der Waals surface area contributed by atoms with Gasteiger partial charge in [-0.2, -0.15) is 0 Å². The first-order chi connectivity index (χ1) is 7.59. The molecule has 16 heavy (non-hydrogen) atoms. The molecule has 0 saturated heterocycles. The quantitative estimate of drug-likeness (QED) is 0.771. The zero-order valence-corrected chi connectivity index (χ0v) is 9.87. The predicted molar refractivity (Wildman–Crippen MR) is 66.4 cm³/mol. The average molecular weight is 238 g/mol. The number of amides is 1. The molecule has 1 aromatic rings. The minimum absolute atomic E-state index is 0.0108. The molecule has 0 unspecified atom stereocenters. The molecule has 0 atom stereocenters. The van der Waals surface area contributed by atoms with Crippen LogP contribution in [-0.2, 0) is 4.79 Å². The third-order valence-electron chi connectivity index (χ3n) is 1.92. The van der Waals surface area contributed by atoms with E-state index in [-0.39, 0.29) is 24.0 Å². The Labute approximate surface area is 100.0 Å². The Morgan fingerprint density at radius 1 is 1.44 bits per heavy atom. The van der Waals surface area contributed by atoms with E-state index in [4.69, 9.17) is 22.7 Å². The van der Waals surface area contributed by atoms with Crippen LogP contribution >= 0.6 is 12.2 Å². The Bertz CT molecular complexity index is 368. The zero-order chi connectivity index (χ0) is 12.0. The van der Waals surface area contributed by atoms with Gasteiger partial charge in [0, 0.05) is 7.05 Å². The number of benzene rings is 1. The second kappa shape index (κ2) is 6.07. The van der Waals surface area contributed by atoms with E-state index in [1.807, 2.05) is 18.2 Å². The van der Waals surface area contributed by atoms with Crippen LogP contribution in [0.2, 0.25) is 0 Å². The van der Waals surface area contributed by atoms with E-state index in [9.17, 15) is 4.79 Å². The van der Waals surface area contributed by atoms with E-state index in [1.54, 1.807) is 19.2 Å². The molecule has 0 heterocycles. The lowest BCUT2D eigenvalue weighted by molar-refractivity contribution is -0.131. The van der Waals surface area contributed by atoms with Gasteiger partial charge in [-0.3, -0.25) is 4.79 Å². The molecular weight excluding hydrogens is 224 g/mol. The molecule has 1 amide bonds. The summed E-state index contributed by atoms with van der Waals surface area (Å²) in [6.07, 6.45) is 0. The van der Waals surface area contributed by atoms with Crippen LogP contribution in [0.15, 0.2) is 30.3 Å². The molecule has 0 aliphatic rings. The first kappa shape index (κ1) is 12.4. The van der Waals surface area contributed by atoms with E-state index < -0.39 is 0 Å². The molecule has 5 heteroatoms. The molecule has 0 aliphatic heterocycles. The van der Waals surface area contributed by atoms with Crippen LogP contribution < -0.4 is 10.5 Å². The number of para-hydroxylation sites is 1. The number of ether oxygens (including phenoxy) is 1. The first-order valence-electron chi connectivity index (χ1n) is 4.79. The van der Waals surface area contributed by atoms with Gasteiger partial charge in [0.1, 0.15) is 5.75 Å². The van der Waals surface area contributed by atoms with Crippen LogP contribution in [0.4, 0.5) is 0 Å². The van der Waals surface area contributed by atoms with Crippen LogP contribution in [0.5, 0.6) is 5.75 Å². The van der Waals surface area contributed by atoms with Gasteiger partial charge in [-0.05, 0) is 12.1 Å². The van der Waals surface area contributed by atoms with Crippen molar-refractivity contribution in [2.45, 2.75) is 0 Å². The standard InChI is InChI=1S/C11H14N2O2S/c1-13(7-10(12)16)11(14)8-15-9-5-3-2-4-6-9/h2-6H,7-8H2,1H3,(H2,12,16). The van der Waals surface area contributed by atoms with Crippen LogP contribution in [0.1, 0.15) is 0 Å². The summed E-state index contributed by atoms with van der Waals surface area (Å²) in [4.78, 5) is 13.3. The fraction of sp³-hybridized carbons (Fsp3) is 0.273. The van der Waals surface area contributed by atoms with Crippen LogP contribution in [-0.4, -0.2) is 36.0 Å². The maximum absolute atomic E-state index is 11.5. The van der Waals surface area contributed by atoms with E-state index in [1.165, 1.54) is 4.90 Å². The first-order valence-corrected chi connectivity index (χ1v) is 5.20. The SMILES string of the molecule is CN(CC(N)=S)C(=O)COc1ccccc1. The number of hydrogen-bond donors (Lipinski definition) is 1. The third kappa shape index (κ3) is 4.27. The molecule has 0 fully saturated rings. The summed E-state index contributed by atoms with van der Waals surface area (Å²) in [5, 5.41) is 0. The van der Waals surface area contributed by atoms with Gasteiger partial charge in [0.25, 0.3) is 5.91 Å². The van der Waals surface area contributed by atoms with E-state index in [0.717, 1.165) is 0 Å². The highest BCUT2D eigenvalue weighted by Gasteiger charge is 2.09. The number of carbonyl (C=O) groups is 1. The lowest BCUT2D eigenvalue weighted by atomic mass is 10.3. The molecule has 0 aliphatic carbocycles. The molecule has 1 aromatic carbocycles. The number of nitrogens with two attached hydrogens (primary N) is 1. The molecule has 0 bridgehead atoms. The lowest BCUT2D eigenvalue weighted by Crippen LogP contribution is -2.37. The second-order valence-electron chi connectivity index (χ2n) is 3.32. The van der Waals surface area contributed by atoms with Crippen molar-refractivity contribution in [1.29, 1.82) is 0 Å². The maximum atomic E-state index is 11.5. The van der Waals surface area contributed by atoms with Crippen molar-refractivity contribution >= 4 is 23.1 Å². The molecule has 0 saturated carbocycles. The monoisotopic (exact) mass is 238 g/mol. The van der Waals surface area contributed by atoms with Gasteiger partial charge in [-0.1, -0.05) is 30.4 Å². The molecular formula is C11H14N2O2S. The minimum Gasteiger partial charge on any atom is -0.484 e. The summed E-state index contributed by atoms with van der Waals surface area (Å²) < 4.78 is 5.30. The Morgan fingerprint density at radius 3 is 2.62 bits per heavy atom. The van der Waals surface area contributed by atoms with Crippen molar-refractivity contribution in [2.75, 3.05) is 20.2 Å². The van der Waals surface area contributed by atoms with Crippen LogP contribution in [0.25, 0.3) is 0 Å².